The summed E-state index contributed by atoms with van der Waals surface area (Å²) in [5.74, 6) is -0.184. The number of carbonyl (C=O) groups is 1. The van der Waals surface area contributed by atoms with Crippen molar-refractivity contribution in [3.8, 4) is 11.4 Å². The van der Waals surface area contributed by atoms with Crippen LogP contribution in [0, 0.1) is 5.82 Å². The number of hydrogen-bond donors (Lipinski definition) is 1. The lowest BCUT2D eigenvalue weighted by Crippen LogP contribution is -2.38. The number of likely N-dealkylation sites (tertiary alicyclic amines) is 1. The normalized spacial score (nSPS) is 14.8. The first-order valence-corrected chi connectivity index (χ1v) is 9.18. The van der Waals surface area contributed by atoms with Crippen LogP contribution in [-0.4, -0.2) is 38.8 Å². The molecule has 7 heteroatoms. The lowest BCUT2D eigenvalue weighted by atomic mass is 9.95. The van der Waals surface area contributed by atoms with Crippen molar-refractivity contribution in [2.45, 2.75) is 18.8 Å². The largest absolute Gasteiger partial charge is 0.339 e. The molecule has 0 unspecified atom stereocenters. The van der Waals surface area contributed by atoms with E-state index in [0.717, 1.165) is 0 Å². The number of nitrogens with one attached hydrogen (secondary N) is 1. The Kier molecular flexibility index (Phi) is 4.97. The van der Waals surface area contributed by atoms with Gasteiger partial charge in [-0.2, -0.15) is 0 Å². The van der Waals surface area contributed by atoms with Gasteiger partial charge in [0.1, 0.15) is 11.6 Å². The van der Waals surface area contributed by atoms with E-state index in [1.165, 1.54) is 18.2 Å². The van der Waals surface area contributed by atoms with Crippen LogP contribution in [0.5, 0.6) is 0 Å². The summed E-state index contributed by atoms with van der Waals surface area (Å²) in [5.41, 5.74) is 1.03. The number of hydrogen-bond acceptors (Lipinski definition) is 4. The summed E-state index contributed by atoms with van der Waals surface area (Å²) >= 11 is 0. The van der Waals surface area contributed by atoms with Crippen molar-refractivity contribution in [2.24, 2.45) is 0 Å². The predicted octanol–water partition coefficient (Wildman–Crippen LogP) is 2.99. The molecule has 2 aromatic heterocycles. The fraction of sp³-hybridized carbons (Fsp3) is 0.238. The van der Waals surface area contributed by atoms with Crippen molar-refractivity contribution in [1.29, 1.82) is 0 Å². The summed E-state index contributed by atoms with van der Waals surface area (Å²) in [7, 11) is 0. The van der Waals surface area contributed by atoms with Gasteiger partial charge >= 0.3 is 0 Å². The molecule has 6 nitrogen and oxygen atoms in total. The maximum Gasteiger partial charge on any atom is 0.256 e. The quantitative estimate of drug-likeness (QED) is 0.760. The van der Waals surface area contributed by atoms with Gasteiger partial charge in [-0.1, -0.05) is 18.2 Å². The summed E-state index contributed by atoms with van der Waals surface area (Å²) in [4.78, 5) is 38.0. The van der Waals surface area contributed by atoms with E-state index in [-0.39, 0.29) is 22.9 Å². The smallest absolute Gasteiger partial charge is 0.256 e. The lowest BCUT2D eigenvalue weighted by molar-refractivity contribution is 0.0706. The van der Waals surface area contributed by atoms with E-state index in [1.54, 1.807) is 35.4 Å². The maximum absolute atomic E-state index is 13.9. The lowest BCUT2D eigenvalue weighted by Gasteiger charge is -2.31. The summed E-state index contributed by atoms with van der Waals surface area (Å²) in [6.07, 6.45) is 2.95. The summed E-state index contributed by atoms with van der Waals surface area (Å²) in [6.45, 7) is 0.963. The number of piperidine rings is 1. The molecule has 1 aliphatic heterocycles. The number of halogens is 1. The monoisotopic (exact) mass is 378 g/mol. The fourth-order valence-electron chi connectivity index (χ4n) is 3.48. The van der Waals surface area contributed by atoms with Gasteiger partial charge in [0.05, 0.1) is 17.0 Å². The first kappa shape index (κ1) is 18.0. The standard InChI is InChI=1S/C21H19FN4O2/c22-16-6-2-1-5-15(16)21(28)26-11-8-14(9-12-26)20-24-18(13-19(27)25-20)17-7-3-4-10-23-17/h1-7,10,13-14H,8-9,11-12H2,(H,24,25,27). The van der Waals surface area contributed by atoms with Crippen molar-refractivity contribution in [3.63, 3.8) is 0 Å². The van der Waals surface area contributed by atoms with Gasteiger partial charge in [0.2, 0.25) is 0 Å². The minimum atomic E-state index is -0.510. The first-order valence-electron chi connectivity index (χ1n) is 9.18. The van der Waals surface area contributed by atoms with E-state index in [4.69, 9.17) is 0 Å². The number of nitrogens with zero attached hydrogens (tertiary/aromatic N) is 3. The van der Waals surface area contributed by atoms with E-state index in [2.05, 4.69) is 15.0 Å². The van der Waals surface area contributed by atoms with Gasteiger partial charge in [-0.15, -0.1) is 0 Å². The highest BCUT2D eigenvalue weighted by molar-refractivity contribution is 5.94. The molecule has 0 bridgehead atoms. The number of rotatable bonds is 3. The van der Waals surface area contributed by atoms with Crippen molar-refractivity contribution >= 4 is 5.91 Å². The van der Waals surface area contributed by atoms with E-state index in [1.807, 2.05) is 6.07 Å². The third-order valence-electron chi connectivity index (χ3n) is 4.96. The molecule has 0 atom stereocenters. The van der Waals surface area contributed by atoms with Gasteiger partial charge in [-0.25, -0.2) is 9.37 Å². The second-order valence-electron chi connectivity index (χ2n) is 6.78. The molecule has 3 heterocycles. The minimum absolute atomic E-state index is 0.0287. The van der Waals surface area contributed by atoms with Crippen LogP contribution in [0.3, 0.4) is 0 Å². The van der Waals surface area contributed by atoms with Crippen LogP contribution in [0.1, 0.15) is 34.9 Å². The number of aromatic nitrogens is 3. The molecular formula is C21H19FN4O2. The number of carbonyl (C=O) groups excluding carboxylic acids is 1. The number of pyridine rings is 1. The van der Waals surface area contributed by atoms with Gasteiger partial charge in [-0.05, 0) is 37.1 Å². The number of benzene rings is 1. The van der Waals surface area contributed by atoms with Crippen LogP contribution in [0.15, 0.2) is 59.5 Å². The molecule has 0 radical (unpaired) electrons. The predicted molar refractivity (Wildman–Crippen MR) is 102 cm³/mol. The van der Waals surface area contributed by atoms with Gasteiger partial charge in [0.15, 0.2) is 0 Å². The summed E-state index contributed by atoms with van der Waals surface area (Å²) < 4.78 is 13.9. The highest BCUT2D eigenvalue weighted by Crippen LogP contribution is 2.27. The zero-order valence-corrected chi connectivity index (χ0v) is 15.1. The van der Waals surface area contributed by atoms with Gasteiger partial charge < -0.3 is 9.88 Å². The number of H-pyrrole nitrogens is 1. The molecule has 1 N–H and O–H groups in total. The van der Waals surface area contributed by atoms with Crippen molar-refractivity contribution in [3.05, 3.63) is 82.3 Å². The third kappa shape index (κ3) is 3.69. The second kappa shape index (κ2) is 7.72. The van der Waals surface area contributed by atoms with Crippen LogP contribution in [0.2, 0.25) is 0 Å². The van der Waals surface area contributed by atoms with Crippen molar-refractivity contribution in [1.82, 2.24) is 19.9 Å². The summed E-state index contributed by atoms with van der Waals surface area (Å²) in [5, 5.41) is 0. The van der Waals surface area contributed by atoms with E-state index in [0.29, 0.717) is 43.1 Å². The Morgan fingerprint density at radius 2 is 1.82 bits per heavy atom. The molecule has 1 amide bonds. The van der Waals surface area contributed by atoms with Crippen LogP contribution in [0.25, 0.3) is 11.4 Å². The van der Waals surface area contributed by atoms with E-state index < -0.39 is 5.82 Å². The molecule has 0 spiro atoms. The Hall–Kier alpha value is -3.35. The van der Waals surface area contributed by atoms with Crippen LogP contribution in [0.4, 0.5) is 4.39 Å². The highest BCUT2D eigenvalue weighted by atomic mass is 19.1. The molecule has 4 rings (SSSR count). The zero-order valence-electron chi connectivity index (χ0n) is 15.1. The molecule has 1 saturated heterocycles. The van der Waals surface area contributed by atoms with Crippen LogP contribution < -0.4 is 5.56 Å². The second-order valence-corrected chi connectivity index (χ2v) is 6.78. The molecule has 0 aliphatic carbocycles. The Labute approximate surface area is 161 Å². The fourth-order valence-corrected chi connectivity index (χ4v) is 3.48. The molecule has 1 aliphatic rings. The van der Waals surface area contributed by atoms with Gasteiger partial charge in [0.25, 0.3) is 11.5 Å². The average Bonchev–Trinajstić information content (AvgIpc) is 2.74. The Morgan fingerprint density at radius 3 is 2.54 bits per heavy atom. The molecule has 142 valence electrons. The van der Waals surface area contributed by atoms with Crippen LogP contribution >= 0.6 is 0 Å². The molecule has 3 aromatic rings. The van der Waals surface area contributed by atoms with Crippen molar-refractivity contribution in [2.75, 3.05) is 13.1 Å². The maximum atomic E-state index is 13.9. The number of amides is 1. The first-order chi connectivity index (χ1) is 13.6. The third-order valence-corrected chi connectivity index (χ3v) is 4.96. The molecule has 1 fully saturated rings. The van der Waals surface area contributed by atoms with Crippen LogP contribution in [-0.2, 0) is 0 Å². The minimum Gasteiger partial charge on any atom is -0.339 e. The number of aromatic amines is 1. The Bertz CT molecular complexity index is 1040. The molecule has 28 heavy (non-hydrogen) atoms. The topological polar surface area (TPSA) is 79.0 Å². The van der Waals surface area contributed by atoms with Crippen molar-refractivity contribution < 1.29 is 9.18 Å². The zero-order chi connectivity index (χ0) is 19.5. The molecule has 0 saturated carbocycles. The van der Waals surface area contributed by atoms with E-state index >= 15 is 0 Å². The molecular weight excluding hydrogens is 359 g/mol. The van der Waals surface area contributed by atoms with Gasteiger partial charge in [-0.3, -0.25) is 14.6 Å². The Balaban J connectivity index is 1.50. The molecule has 1 aromatic carbocycles. The average molecular weight is 378 g/mol. The van der Waals surface area contributed by atoms with E-state index in [9.17, 15) is 14.0 Å². The summed E-state index contributed by atoms with van der Waals surface area (Å²) in [6, 6.07) is 12.9. The van der Waals surface area contributed by atoms with Gasteiger partial charge in [0, 0.05) is 31.3 Å². The Morgan fingerprint density at radius 1 is 1.07 bits per heavy atom. The SMILES string of the molecule is O=C(c1ccccc1F)N1CCC(c2nc(-c3ccccn3)cc(=O)[nH]2)CC1. The highest BCUT2D eigenvalue weighted by Gasteiger charge is 2.27.